The van der Waals surface area contributed by atoms with Gasteiger partial charge >= 0.3 is 5.97 Å². The first-order valence-electron chi connectivity index (χ1n) is 5.66. The van der Waals surface area contributed by atoms with Gasteiger partial charge in [0.05, 0.1) is 0 Å². The van der Waals surface area contributed by atoms with Crippen LogP contribution in [0.3, 0.4) is 0 Å². The Morgan fingerprint density at radius 1 is 1.47 bits per heavy atom. The Morgan fingerprint density at radius 2 is 2.12 bits per heavy atom. The zero-order valence-corrected chi connectivity index (χ0v) is 10.2. The van der Waals surface area contributed by atoms with Gasteiger partial charge in [0.15, 0.2) is 0 Å². The van der Waals surface area contributed by atoms with E-state index in [1.807, 2.05) is 0 Å². The van der Waals surface area contributed by atoms with E-state index in [0.717, 1.165) is 0 Å². The minimum absolute atomic E-state index is 0.0106. The van der Waals surface area contributed by atoms with Crippen molar-refractivity contribution in [3.63, 3.8) is 0 Å². The molecule has 0 radical (unpaired) electrons. The van der Waals surface area contributed by atoms with Gasteiger partial charge in [-0.25, -0.2) is 4.79 Å². The first kappa shape index (κ1) is 13.5. The highest BCUT2D eigenvalue weighted by atomic mass is 16.4. The summed E-state index contributed by atoms with van der Waals surface area (Å²) in [6.07, 6.45) is 1.50. The number of carbonyl (C=O) groups is 3. The van der Waals surface area contributed by atoms with Gasteiger partial charge in [-0.2, -0.15) is 0 Å². The molecule has 1 saturated heterocycles. The molecule has 1 rings (SSSR count). The summed E-state index contributed by atoms with van der Waals surface area (Å²) in [5, 5.41) is 8.93. The molecule has 17 heavy (non-hydrogen) atoms. The summed E-state index contributed by atoms with van der Waals surface area (Å²) in [4.78, 5) is 36.5. The fraction of sp³-hybridized carbons (Fsp3) is 0.727. The molecule has 96 valence electrons. The van der Waals surface area contributed by atoms with Gasteiger partial charge in [-0.05, 0) is 12.8 Å². The Labute approximate surface area is 100 Å². The topological polar surface area (TPSA) is 77.9 Å². The fourth-order valence-electron chi connectivity index (χ4n) is 1.90. The number of likely N-dealkylation sites (tertiary alicyclic amines) is 1. The predicted octanol–water partition coefficient (Wildman–Crippen LogP) is -0.0696. The third-order valence-corrected chi connectivity index (χ3v) is 2.90. The fourth-order valence-corrected chi connectivity index (χ4v) is 1.90. The maximum atomic E-state index is 11.5. The molecule has 1 atom stereocenters. The van der Waals surface area contributed by atoms with Crippen LogP contribution in [0.25, 0.3) is 0 Å². The minimum atomic E-state index is -0.963. The number of aliphatic carboxylic acids is 1. The van der Waals surface area contributed by atoms with Crippen LogP contribution in [0.1, 0.15) is 25.7 Å². The molecule has 1 N–H and O–H groups in total. The molecule has 1 unspecified atom stereocenters. The Bertz CT molecular complexity index is 327. The molecule has 1 fully saturated rings. The zero-order valence-electron chi connectivity index (χ0n) is 10.2. The standard InChI is InChI=1S/C11H18N2O4/c1-12(2)9(14)4-3-7-13-8(11(16)17)5-6-10(13)15/h8H,3-7H2,1-2H3,(H,16,17). The van der Waals surface area contributed by atoms with E-state index in [1.54, 1.807) is 14.1 Å². The lowest BCUT2D eigenvalue weighted by atomic mass is 10.2. The van der Waals surface area contributed by atoms with Crippen molar-refractivity contribution in [2.45, 2.75) is 31.7 Å². The van der Waals surface area contributed by atoms with E-state index < -0.39 is 12.0 Å². The number of carboxylic acids is 1. The maximum absolute atomic E-state index is 11.5. The maximum Gasteiger partial charge on any atom is 0.326 e. The molecular weight excluding hydrogens is 224 g/mol. The minimum Gasteiger partial charge on any atom is -0.480 e. The Balaban J connectivity index is 2.42. The first-order valence-corrected chi connectivity index (χ1v) is 5.66. The molecule has 1 aliphatic rings. The lowest BCUT2D eigenvalue weighted by Crippen LogP contribution is -2.39. The van der Waals surface area contributed by atoms with Gasteiger partial charge in [-0.1, -0.05) is 0 Å². The van der Waals surface area contributed by atoms with Crippen LogP contribution in [0.4, 0.5) is 0 Å². The average Bonchev–Trinajstić information content (AvgIpc) is 2.60. The van der Waals surface area contributed by atoms with E-state index in [-0.39, 0.29) is 11.8 Å². The van der Waals surface area contributed by atoms with E-state index >= 15 is 0 Å². The van der Waals surface area contributed by atoms with Crippen molar-refractivity contribution in [1.82, 2.24) is 9.80 Å². The highest BCUT2D eigenvalue weighted by Crippen LogP contribution is 2.19. The van der Waals surface area contributed by atoms with Gasteiger partial charge < -0.3 is 14.9 Å². The van der Waals surface area contributed by atoms with Crippen LogP contribution in [-0.4, -0.2) is 59.4 Å². The highest BCUT2D eigenvalue weighted by molar-refractivity contribution is 5.87. The quantitative estimate of drug-likeness (QED) is 0.732. The van der Waals surface area contributed by atoms with Crippen LogP contribution in [0.5, 0.6) is 0 Å². The molecule has 6 heteroatoms. The lowest BCUT2D eigenvalue weighted by molar-refractivity contribution is -0.146. The van der Waals surface area contributed by atoms with Crippen LogP contribution in [0, 0.1) is 0 Å². The third-order valence-electron chi connectivity index (χ3n) is 2.90. The van der Waals surface area contributed by atoms with Gasteiger partial charge in [-0.3, -0.25) is 9.59 Å². The smallest absolute Gasteiger partial charge is 0.326 e. The van der Waals surface area contributed by atoms with E-state index in [4.69, 9.17) is 5.11 Å². The number of carboxylic acid groups (broad SMARTS) is 1. The number of hydrogen-bond donors (Lipinski definition) is 1. The van der Waals surface area contributed by atoms with Crippen LogP contribution in [-0.2, 0) is 14.4 Å². The molecule has 0 aromatic carbocycles. The predicted molar refractivity (Wildman–Crippen MR) is 60.3 cm³/mol. The first-order chi connectivity index (χ1) is 7.93. The van der Waals surface area contributed by atoms with Crippen molar-refractivity contribution >= 4 is 17.8 Å². The number of rotatable bonds is 5. The molecule has 0 aromatic rings. The summed E-state index contributed by atoms with van der Waals surface area (Å²) in [7, 11) is 3.34. The van der Waals surface area contributed by atoms with E-state index in [9.17, 15) is 14.4 Å². The van der Waals surface area contributed by atoms with Crippen molar-refractivity contribution in [2.24, 2.45) is 0 Å². The second-order valence-corrected chi connectivity index (χ2v) is 4.37. The van der Waals surface area contributed by atoms with E-state index in [2.05, 4.69) is 0 Å². The number of carbonyl (C=O) groups excluding carboxylic acids is 2. The second-order valence-electron chi connectivity index (χ2n) is 4.37. The van der Waals surface area contributed by atoms with Crippen molar-refractivity contribution in [2.75, 3.05) is 20.6 Å². The number of amides is 2. The number of nitrogens with zero attached hydrogens (tertiary/aromatic N) is 2. The van der Waals surface area contributed by atoms with Gasteiger partial charge in [-0.15, -0.1) is 0 Å². The Morgan fingerprint density at radius 3 is 2.65 bits per heavy atom. The largest absolute Gasteiger partial charge is 0.480 e. The molecule has 0 bridgehead atoms. The molecule has 0 spiro atoms. The van der Waals surface area contributed by atoms with Gasteiger partial charge in [0.1, 0.15) is 6.04 Å². The summed E-state index contributed by atoms with van der Waals surface area (Å²) < 4.78 is 0. The van der Waals surface area contributed by atoms with Crippen LogP contribution < -0.4 is 0 Å². The van der Waals surface area contributed by atoms with Crippen molar-refractivity contribution < 1.29 is 19.5 Å². The van der Waals surface area contributed by atoms with E-state index in [0.29, 0.717) is 32.2 Å². The number of hydrogen-bond acceptors (Lipinski definition) is 3. The van der Waals surface area contributed by atoms with Crippen molar-refractivity contribution in [3.8, 4) is 0 Å². The van der Waals surface area contributed by atoms with Crippen molar-refractivity contribution in [1.29, 1.82) is 0 Å². The van der Waals surface area contributed by atoms with Crippen LogP contribution in [0.15, 0.2) is 0 Å². The molecule has 1 heterocycles. The molecule has 0 aliphatic carbocycles. The van der Waals surface area contributed by atoms with Crippen LogP contribution >= 0.6 is 0 Å². The Hall–Kier alpha value is -1.59. The molecule has 0 saturated carbocycles. The zero-order chi connectivity index (χ0) is 13.0. The SMILES string of the molecule is CN(C)C(=O)CCCN1C(=O)CCC1C(=O)O. The van der Waals surface area contributed by atoms with E-state index in [1.165, 1.54) is 9.80 Å². The molecule has 1 aliphatic heterocycles. The average molecular weight is 242 g/mol. The molecular formula is C11H18N2O4. The van der Waals surface area contributed by atoms with Crippen LogP contribution in [0.2, 0.25) is 0 Å². The van der Waals surface area contributed by atoms with Crippen molar-refractivity contribution in [3.05, 3.63) is 0 Å². The molecule has 0 aromatic heterocycles. The highest BCUT2D eigenvalue weighted by Gasteiger charge is 2.35. The monoisotopic (exact) mass is 242 g/mol. The molecule has 2 amide bonds. The van der Waals surface area contributed by atoms with Gasteiger partial charge in [0.2, 0.25) is 11.8 Å². The lowest BCUT2D eigenvalue weighted by Gasteiger charge is -2.21. The summed E-state index contributed by atoms with van der Waals surface area (Å²) in [5.41, 5.74) is 0. The second kappa shape index (κ2) is 5.65. The summed E-state index contributed by atoms with van der Waals surface area (Å²) in [5.74, 6) is -1.10. The third kappa shape index (κ3) is 3.44. The Kier molecular flexibility index (Phi) is 4.48. The van der Waals surface area contributed by atoms with Gasteiger partial charge in [0, 0.05) is 33.5 Å². The summed E-state index contributed by atoms with van der Waals surface area (Å²) in [6.45, 7) is 0.343. The summed E-state index contributed by atoms with van der Waals surface area (Å²) in [6, 6.07) is -0.711. The van der Waals surface area contributed by atoms with Gasteiger partial charge in [0.25, 0.3) is 0 Å². The normalized spacial score (nSPS) is 19.5. The summed E-state index contributed by atoms with van der Waals surface area (Å²) >= 11 is 0. The molecule has 6 nitrogen and oxygen atoms in total.